The van der Waals surface area contributed by atoms with Crippen LogP contribution in [0, 0.1) is 6.92 Å². The molecule has 0 bridgehead atoms. The summed E-state index contributed by atoms with van der Waals surface area (Å²) >= 11 is 0. The second-order valence-electron chi connectivity index (χ2n) is 10.8. The lowest BCUT2D eigenvalue weighted by Gasteiger charge is -2.23. The fourth-order valence-electron chi connectivity index (χ4n) is 4.86. The second-order valence-corrected chi connectivity index (χ2v) is 10.8. The van der Waals surface area contributed by atoms with Gasteiger partial charge in [-0.15, -0.1) is 0 Å². The number of ether oxygens (including phenoxy) is 2. The van der Waals surface area contributed by atoms with Crippen molar-refractivity contribution >= 4 is 34.5 Å². The highest BCUT2D eigenvalue weighted by atomic mass is 16.6. The maximum atomic E-state index is 13.3. The zero-order chi connectivity index (χ0) is 29.5. The Morgan fingerprint density at radius 2 is 1.90 bits per heavy atom. The number of carbonyl (C=O) groups excluding carboxylic acids is 1. The van der Waals surface area contributed by atoms with Crippen molar-refractivity contribution in [2.45, 2.75) is 53.3 Å². The average Bonchev–Trinajstić information content (AvgIpc) is 3.32. The van der Waals surface area contributed by atoms with E-state index < -0.39 is 23.1 Å². The normalized spacial score (nSPS) is 12.8. The van der Waals surface area contributed by atoms with Gasteiger partial charge in [-0.25, -0.2) is 14.6 Å². The van der Waals surface area contributed by atoms with Gasteiger partial charge in [-0.05, 0) is 70.0 Å². The van der Waals surface area contributed by atoms with Gasteiger partial charge in [0.25, 0.3) is 0 Å². The quantitative estimate of drug-likeness (QED) is 0.334. The van der Waals surface area contributed by atoms with E-state index in [4.69, 9.17) is 9.47 Å². The van der Waals surface area contributed by atoms with Gasteiger partial charge in [0.15, 0.2) is 0 Å². The molecule has 1 amide bonds. The largest absolute Gasteiger partial charge is 0.492 e. The monoisotopic (exact) mass is 557 g/mol. The summed E-state index contributed by atoms with van der Waals surface area (Å²) in [6.07, 6.45) is 3.94. The highest BCUT2D eigenvalue weighted by Gasteiger charge is 2.26. The molecule has 0 fully saturated rings. The number of amides is 1. The van der Waals surface area contributed by atoms with E-state index in [2.05, 4.69) is 20.2 Å². The average molecular weight is 558 g/mol. The van der Waals surface area contributed by atoms with Crippen LogP contribution in [0.15, 0.2) is 53.7 Å². The number of fused-ring (bicyclic) bond motifs is 2. The third-order valence-electron chi connectivity index (χ3n) is 6.61. The molecular formula is C30H31N5O6. The van der Waals surface area contributed by atoms with E-state index in [1.807, 2.05) is 25.1 Å². The summed E-state index contributed by atoms with van der Waals surface area (Å²) in [6, 6.07) is 9.03. The number of nitrogens with one attached hydrogen (secondary N) is 1. The standard InChI is InChI=1S/C30H31N5O6/c1-6-40-25-11-19-22(12-23(25)34-14-18-8-7-9-31-21(18)16-34)35(15-20(27(19)36)28(37)38)24-13-32-26(10-17(24)2)33-29(39)41-30(3,4)5/h7-13,15H,6,14,16H2,1-5H3,(H,37,38)(H,32,33,39). The third-order valence-corrected chi connectivity index (χ3v) is 6.61. The first-order valence-corrected chi connectivity index (χ1v) is 13.2. The summed E-state index contributed by atoms with van der Waals surface area (Å²) in [7, 11) is 0. The summed E-state index contributed by atoms with van der Waals surface area (Å²) in [5.74, 6) is -0.598. The Labute approximate surface area is 236 Å². The number of pyridine rings is 3. The Morgan fingerprint density at radius 3 is 2.56 bits per heavy atom. The predicted octanol–water partition coefficient (Wildman–Crippen LogP) is 5.05. The molecule has 4 heterocycles. The molecule has 41 heavy (non-hydrogen) atoms. The molecule has 0 saturated carbocycles. The molecule has 1 aliphatic rings. The predicted molar refractivity (Wildman–Crippen MR) is 154 cm³/mol. The van der Waals surface area contributed by atoms with Crippen LogP contribution in [0.3, 0.4) is 0 Å². The van der Waals surface area contributed by atoms with Gasteiger partial charge in [0.2, 0.25) is 5.43 Å². The summed E-state index contributed by atoms with van der Waals surface area (Å²) in [4.78, 5) is 48.7. The molecule has 11 nitrogen and oxygen atoms in total. The molecule has 4 aromatic rings. The minimum Gasteiger partial charge on any atom is -0.492 e. The number of aromatic carboxylic acids is 1. The number of aryl methyl sites for hydroxylation is 1. The molecule has 11 heteroatoms. The second kappa shape index (κ2) is 10.6. The topological polar surface area (TPSA) is 136 Å². The molecule has 0 atom stereocenters. The molecule has 0 spiro atoms. The summed E-state index contributed by atoms with van der Waals surface area (Å²) in [6.45, 7) is 10.5. The molecule has 212 valence electrons. The Balaban J connectivity index is 1.65. The molecular weight excluding hydrogens is 526 g/mol. The van der Waals surface area contributed by atoms with Crippen molar-refractivity contribution < 1.29 is 24.2 Å². The zero-order valence-corrected chi connectivity index (χ0v) is 23.5. The lowest BCUT2D eigenvalue weighted by Crippen LogP contribution is -2.27. The number of aromatic nitrogens is 3. The number of carbonyl (C=O) groups is 2. The smallest absolute Gasteiger partial charge is 0.413 e. The first-order valence-electron chi connectivity index (χ1n) is 13.2. The number of anilines is 2. The minimum atomic E-state index is -1.34. The fourth-order valence-corrected chi connectivity index (χ4v) is 4.86. The number of carboxylic acids is 1. The molecule has 1 aliphatic heterocycles. The maximum Gasteiger partial charge on any atom is 0.413 e. The van der Waals surface area contributed by atoms with Crippen molar-refractivity contribution in [3.8, 4) is 11.4 Å². The molecule has 0 unspecified atom stereocenters. The lowest BCUT2D eigenvalue weighted by atomic mass is 10.1. The van der Waals surface area contributed by atoms with Crippen molar-refractivity contribution in [3.05, 3.63) is 81.5 Å². The lowest BCUT2D eigenvalue weighted by molar-refractivity contribution is 0.0633. The van der Waals surface area contributed by atoms with E-state index in [-0.39, 0.29) is 16.8 Å². The van der Waals surface area contributed by atoms with Crippen LogP contribution in [-0.4, -0.2) is 43.9 Å². The van der Waals surface area contributed by atoms with Crippen LogP contribution in [0.5, 0.6) is 5.75 Å². The number of carboxylic acid groups (broad SMARTS) is 1. The van der Waals surface area contributed by atoms with E-state index in [1.165, 1.54) is 12.4 Å². The van der Waals surface area contributed by atoms with Crippen molar-refractivity contribution in [1.29, 1.82) is 0 Å². The van der Waals surface area contributed by atoms with Crippen LogP contribution in [0.1, 0.15) is 54.9 Å². The van der Waals surface area contributed by atoms with Gasteiger partial charge in [-0.3, -0.25) is 15.1 Å². The van der Waals surface area contributed by atoms with Crippen molar-refractivity contribution in [3.63, 3.8) is 0 Å². The van der Waals surface area contributed by atoms with Crippen molar-refractivity contribution in [2.24, 2.45) is 0 Å². The van der Waals surface area contributed by atoms with Gasteiger partial charge in [0.1, 0.15) is 22.7 Å². The maximum absolute atomic E-state index is 13.3. The molecule has 5 rings (SSSR count). The first-order chi connectivity index (χ1) is 19.4. The highest BCUT2D eigenvalue weighted by molar-refractivity contribution is 5.95. The van der Waals surface area contributed by atoms with Crippen LogP contribution in [0.25, 0.3) is 16.6 Å². The molecule has 1 aromatic carbocycles. The van der Waals surface area contributed by atoms with Crippen molar-refractivity contribution in [2.75, 3.05) is 16.8 Å². The Hall–Kier alpha value is -4.93. The van der Waals surface area contributed by atoms with Crippen LogP contribution < -0.4 is 20.4 Å². The van der Waals surface area contributed by atoms with Gasteiger partial charge in [-0.2, -0.15) is 0 Å². The summed E-state index contributed by atoms with van der Waals surface area (Å²) in [5.41, 5.74) is 2.84. The highest BCUT2D eigenvalue weighted by Crippen LogP contribution is 2.38. The third kappa shape index (κ3) is 5.56. The van der Waals surface area contributed by atoms with E-state index in [1.54, 1.807) is 50.6 Å². The molecule has 0 radical (unpaired) electrons. The Bertz CT molecular complexity index is 1720. The van der Waals surface area contributed by atoms with Crippen molar-refractivity contribution in [1.82, 2.24) is 14.5 Å². The number of rotatable bonds is 6. The zero-order valence-electron chi connectivity index (χ0n) is 23.5. The molecule has 0 saturated heterocycles. The fraction of sp³-hybridized carbons (Fsp3) is 0.300. The Kier molecular flexibility index (Phi) is 7.12. The summed E-state index contributed by atoms with van der Waals surface area (Å²) in [5, 5.41) is 12.7. The van der Waals surface area contributed by atoms with Crippen LogP contribution in [0.2, 0.25) is 0 Å². The van der Waals surface area contributed by atoms with Crippen LogP contribution in [0.4, 0.5) is 16.3 Å². The van der Waals surface area contributed by atoms with Gasteiger partial charge in [0.05, 0.1) is 47.3 Å². The number of hydrogen-bond acceptors (Lipinski definition) is 8. The first kappa shape index (κ1) is 27.6. The SMILES string of the molecule is CCOc1cc2c(=O)c(C(=O)O)cn(-c3cnc(NC(=O)OC(C)(C)C)cc3C)c2cc1N1Cc2cccnc2C1. The van der Waals surface area contributed by atoms with E-state index >= 15 is 0 Å². The van der Waals surface area contributed by atoms with Gasteiger partial charge in [0, 0.05) is 18.9 Å². The van der Waals surface area contributed by atoms with E-state index in [0.29, 0.717) is 42.2 Å². The Morgan fingerprint density at radius 1 is 1.12 bits per heavy atom. The number of hydrogen-bond donors (Lipinski definition) is 2. The molecule has 0 aliphatic carbocycles. The van der Waals surface area contributed by atoms with Crippen LogP contribution in [-0.2, 0) is 17.8 Å². The van der Waals surface area contributed by atoms with Gasteiger partial charge >= 0.3 is 12.1 Å². The molecule has 3 aromatic heterocycles. The van der Waals surface area contributed by atoms with Gasteiger partial charge < -0.3 is 24.0 Å². The molecule has 2 N–H and O–H groups in total. The van der Waals surface area contributed by atoms with E-state index in [0.717, 1.165) is 16.9 Å². The minimum absolute atomic E-state index is 0.197. The van der Waals surface area contributed by atoms with Gasteiger partial charge in [-0.1, -0.05) is 6.07 Å². The number of benzene rings is 1. The summed E-state index contributed by atoms with van der Waals surface area (Å²) < 4.78 is 12.9. The number of nitrogens with zero attached hydrogens (tertiary/aromatic N) is 4. The van der Waals surface area contributed by atoms with E-state index in [9.17, 15) is 19.5 Å². The van der Waals surface area contributed by atoms with Crippen LogP contribution >= 0.6 is 0 Å².